The Balaban J connectivity index is 3.73. The number of carbonyl (C=O) groups is 3. The average Bonchev–Trinajstić information content (AvgIpc) is 2.79. The van der Waals surface area contributed by atoms with Crippen LogP contribution >= 0.6 is 0 Å². The summed E-state index contributed by atoms with van der Waals surface area (Å²) in [5.41, 5.74) is -3.16. The van der Waals surface area contributed by atoms with Crippen LogP contribution in [0.15, 0.2) is 18.2 Å². The Bertz CT molecular complexity index is 1170. The number of benzene rings is 1. The molecule has 11 heteroatoms. The maximum absolute atomic E-state index is 13.2. The molecule has 1 rings (SSSR count). The SMILES string of the molecule is COc1ccc(O[Si](C)(C)C(C)(C)C)c(CN(CCN(CC(=O)O)C(C(=O)O)(C(C)(C)C)C(C)(C)C)CC(=O)OC(C)(C)C)c1. The van der Waals surface area contributed by atoms with Crippen molar-refractivity contribution in [2.24, 2.45) is 10.8 Å². The highest BCUT2D eigenvalue weighted by molar-refractivity contribution is 6.74. The lowest BCUT2D eigenvalue weighted by molar-refractivity contribution is -0.178. The maximum atomic E-state index is 13.2. The minimum Gasteiger partial charge on any atom is -0.543 e. The Morgan fingerprint density at radius 3 is 1.76 bits per heavy atom. The van der Waals surface area contributed by atoms with Crippen molar-refractivity contribution in [1.82, 2.24) is 9.80 Å². The van der Waals surface area contributed by atoms with Crippen LogP contribution in [-0.2, 0) is 25.7 Å². The highest BCUT2D eigenvalue weighted by Crippen LogP contribution is 2.48. The first kappa shape index (κ1) is 40.4. The van der Waals surface area contributed by atoms with Crippen LogP contribution in [-0.4, -0.2) is 90.7 Å². The molecule has 1 aromatic carbocycles. The van der Waals surface area contributed by atoms with Gasteiger partial charge in [0.1, 0.15) is 22.6 Å². The summed E-state index contributed by atoms with van der Waals surface area (Å²) in [5.74, 6) is -1.37. The number of carboxylic acids is 2. The maximum Gasteiger partial charge on any atom is 0.325 e. The molecule has 10 nitrogen and oxygen atoms in total. The lowest BCUT2D eigenvalue weighted by Crippen LogP contribution is -2.70. The van der Waals surface area contributed by atoms with Gasteiger partial charge in [-0.1, -0.05) is 62.3 Å². The van der Waals surface area contributed by atoms with Crippen molar-refractivity contribution in [3.63, 3.8) is 0 Å². The number of carbonyl (C=O) groups excluding carboxylic acids is 1. The van der Waals surface area contributed by atoms with Crippen LogP contribution in [0.1, 0.15) is 88.6 Å². The van der Waals surface area contributed by atoms with Crippen LogP contribution < -0.4 is 9.16 Å². The number of methoxy groups -OCH3 is 1. The molecule has 0 fully saturated rings. The molecule has 0 atom stereocenters. The third kappa shape index (κ3) is 10.4. The molecule has 0 radical (unpaired) electrons. The van der Waals surface area contributed by atoms with Gasteiger partial charge < -0.3 is 24.1 Å². The van der Waals surface area contributed by atoms with E-state index in [4.69, 9.17) is 13.9 Å². The zero-order chi connectivity index (χ0) is 35.4. The van der Waals surface area contributed by atoms with E-state index in [2.05, 4.69) is 33.9 Å². The minimum absolute atomic E-state index is 0.0577. The van der Waals surface area contributed by atoms with E-state index in [9.17, 15) is 24.6 Å². The number of rotatable bonds is 14. The molecular formula is C34H60N2O8Si. The van der Waals surface area contributed by atoms with Gasteiger partial charge in [0, 0.05) is 25.2 Å². The fraction of sp³-hybridized carbons (Fsp3) is 0.735. The van der Waals surface area contributed by atoms with E-state index in [-0.39, 0.29) is 31.2 Å². The number of ether oxygens (including phenoxy) is 2. The number of hydrogen-bond acceptors (Lipinski definition) is 8. The monoisotopic (exact) mass is 652 g/mol. The summed E-state index contributed by atoms with van der Waals surface area (Å²) in [4.78, 5) is 41.9. The minimum atomic E-state index is -2.24. The molecule has 0 bridgehead atoms. The summed E-state index contributed by atoms with van der Waals surface area (Å²) in [6.45, 7) is 27.0. The molecule has 45 heavy (non-hydrogen) atoms. The van der Waals surface area contributed by atoms with Crippen LogP contribution in [0.5, 0.6) is 11.5 Å². The molecular weight excluding hydrogens is 592 g/mol. The third-order valence-electron chi connectivity index (χ3n) is 8.57. The van der Waals surface area contributed by atoms with Crippen molar-refractivity contribution in [3.05, 3.63) is 23.8 Å². The highest BCUT2D eigenvalue weighted by atomic mass is 28.4. The van der Waals surface area contributed by atoms with Gasteiger partial charge >= 0.3 is 17.9 Å². The molecule has 0 aliphatic carbocycles. The van der Waals surface area contributed by atoms with Crippen molar-refractivity contribution in [2.45, 2.75) is 119 Å². The fourth-order valence-corrected chi connectivity index (χ4v) is 7.04. The van der Waals surface area contributed by atoms with E-state index in [1.165, 1.54) is 0 Å². The first-order chi connectivity index (χ1) is 20.1. The Hall–Kier alpha value is -2.63. The number of nitrogens with zero attached hydrogens (tertiary/aromatic N) is 2. The van der Waals surface area contributed by atoms with Crippen LogP contribution in [0.2, 0.25) is 18.1 Å². The lowest BCUT2D eigenvalue weighted by Gasteiger charge is -2.56. The summed E-state index contributed by atoms with van der Waals surface area (Å²) < 4.78 is 17.9. The molecule has 0 saturated carbocycles. The standard InChI is InChI=1S/C34H60N2O8Si/c1-30(2,3)34(29(40)41,31(4,5)6)36(22-27(37)38)19-18-35(23-28(39)43-32(7,8)9)21-24-20-25(42-13)16-17-26(24)44-45(14,15)33(10,11)12/h16-17,20H,18-19,21-23H2,1-15H3,(H,37,38)(H,40,41). The third-order valence-corrected chi connectivity index (χ3v) is 12.9. The van der Waals surface area contributed by atoms with Gasteiger partial charge in [0.2, 0.25) is 8.32 Å². The zero-order valence-corrected chi connectivity index (χ0v) is 31.5. The van der Waals surface area contributed by atoms with Crippen LogP contribution in [0, 0.1) is 10.8 Å². The Morgan fingerprint density at radius 2 is 1.36 bits per heavy atom. The van der Waals surface area contributed by atoms with Gasteiger partial charge in [0.05, 0.1) is 20.2 Å². The van der Waals surface area contributed by atoms with E-state index in [0.717, 1.165) is 5.56 Å². The molecule has 1 aromatic rings. The van der Waals surface area contributed by atoms with E-state index >= 15 is 0 Å². The number of carboxylic acid groups (broad SMARTS) is 2. The summed E-state index contributed by atoms with van der Waals surface area (Å²) in [6.07, 6.45) is 0. The highest BCUT2D eigenvalue weighted by Gasteiger charge is 2.60. The van der Waals surface area contributed by atoms with Gasteiger partial charge in [-0.2, -0.15) is 0 Å². The molecule has 0 aliphatic rings. The number of aliphatic carboxylic acids is 2. The predicted molar refractivity (Wildman–Crippen MR) is 180 cm³/mol. The summed E-state index contributed by atoms with van der Waals surface area (Å²) >= 11 is 0. The smallest absolute Gasteiger partial charge is 0.325 e. The van der Waals surface area contributed by atoms with Gasteiger partial charge in [0.25, 0.3) is 0 Å². The number of hydrogen-bond donors (Lipinski definition) is 2. The van der Waals surface area contributed by atoms with E-state index in [1.807, 2.05) is 64.6 Å². The second kappa shape index (κ2) is 14.4. The number of esters is 1. The van der Waals surface area contributed by atoms with Crippen LogP contribution in [0.3, 0.4) is 0 Å². The second-order valence-corrected chi connectivity index (χ2v) is 21.2. The van der Waals surface area contributed by atoms with Gasteiger partial charge in [0.15, 0.2) is 0 Å². The van der Waals surface area contributed by atoms with Crippen molar-refractivity contribution < 1.29 is 38.5 Å². The van der Waals surface area contributed by atoms with Crippen LogP contribution in [0.4, 0.5) is 0 Å². The normalized spacial score (nSPS) is 13.6. The fourth-order valence-electron chi connectivity index (χ4n) is 5.99. The van der Waals surface area contributed by atoms with Crippen molar-refractivity contribution >= 4 is 26.2 Å². The molecule has 2 N–H and O–H groups in total. The first-order valence-corrected chi connectivity index (χ1v) is 18.5. The Labute approximate surface area is 272 Å². The molecule has 0 heterocycles. The second-order valence-electron chi connectivity index (χ2n) is 16.5. The molecule has 258 valence electrons. The van der Waals surface area contributed by atoms with E-state index in [0.29, 0.717) is 11.5 Å². The zero-order valence-electron chi connectivity index (χ0n) is 30.5. The van der Waals surface area contributed by atoms with E-state index < -0.39 is 54.7 Å². The predicted octanol–water partition coefficient (Wildman–Crippen LogP) is 6.53. The van der Waals surface area contributed by atoms with Crippen molar-refractivity contribution in [2.75, 3.05) is 33.3 Å². The Kier molecular flexibility index (Phi) is 12.9. The lowest BCUT2D eigenvalue weighted by atomic mass is 9.59. The topological polar surface area (TPSA) is 126 Å². The summed E-state index contributed by atoms with van der Waals surface area (Å²) in [5, 5.41) is 20.7. The molecule has 0 amide bonds. The van der Waals surface area contributed by atoms with E-state index in [1.54, 1.807) is 32.8 Å². The molecule has 0 spiro atoms. The van der Waals surface area contributed by atoms with Gasteiger partial charge in [-0.25, -0.2) is 0 Å². The van der Waals surface area contributed by atoms with Gasteiger partial charge in [-0.05, 0) is 67.9 Å². The quantitative estimate of drug-likeness (QED) is 0.169. The van der Waals surface area contributed by atoms with Gasteiger partial charge in [-0.15, -0.1) is 0 Å². The van der Waals surface area contributed by atoms with Crippen LogP contribution in [0.25, 0.3) is 0 Å². The summed E-state index contributed by atoms with van der Waals surface area (Å²) in [7, 11) is -0.660. The van der Waals surface area contributed by atoms with Crippen molar-refractivity contribution in [3.8, 4) is 11.5 Å². The largest absolute Gasteiger partial charge is 0.543 e. The molecule has 0 saturated heterocycles. The average molecular weight is 653 g/mol. The molecule has 0 aliphatic heterocycles. The van der Waals surface area contributed by atoms with Gasteiger partial charge in [-0.3, -0.25) is 24.2 Å². The summed E-state index contributed by atoms with van der Waals surface area (Å²) in [6, 6.07) is 5.60. The molecule has 0 unspecified atom stereocenters. The molecule has 0 aromatic heterocycles. The Morgan fingerprint density at radius 1 is 0.822 bits per heavy atom. The first-order valence-electron chi connectivity index (χ1n) is 15.6. The van der Waals surface area contributed by atoms with Crippen molar-refractivity contribution in [1.29, 1.82) is 0 Å².